The third kappa shape index (κ3) is 2.19. The van der Waals surface area contributed by atoms with Gasteiger partial charge in [-0.15, -0.1) is 0 Å². The van der Waals surface area contributed by atoms with Crippen molar-refractivity contribution in [3.8, 4) is 11.5 Å². The van der Waals surface area contributed by atoms with E-state index in [1.165, 1.54) is 12.0 Å². The average Bonchev–Trinajstić information content (AvgIpc) is 2.58. The van der Waals surface area contributed by atoms with E-state index in [0.717, 1.165) is 50.4 Å². The van der Waals surface area contributed by atoms with E-state index in [0.29, 0.717) is 6.61 Å². The van der Waals surface area contributed by atoms with E-state index in [9.17, 15) is 5.11 Å². The maximum absolute atomic E-state index is 9.53. The summed E-state index contributed by atoms with van der Waals surface area (Å²) in [4.78, 5) is 0. The number of ether oxygens (including phenoxy) is 2. The Labute approximate surface area is 108 Å². The first-order valence-corrected chi connectivity index (χ1v) is 6.81. The summed E-state index contributed by atoms with van der Waals surface area (Å²) >= 11 is 0. The van der Waals surface area contributed by atoms with Crippen LogP contribution in [0.5, 0.6) is 11.5 Å². The molecule has 0 unspecified atom stereocenters. The zero-order valence-electron chi connectivity index (χ0n) is 10.7. The highest BCUT2D eigenvalue weighted by Gasteiger charge is 2.36. The van der Waals surface area contributed by atoms with Gasteiger partial charge in [0, 0.05) is 13.0 Å². The second-order valence-corrected chi connectivity index (χ2v) is 5.52. The number of rotatable bonds is 3. The monoisotopic (exact) mass is 248 g/mol. The lowest BCUT2D eigenvalue weighted by molar-refractivity contribution is 0.0450. The molecule has 1 saturated carbocycles. The molecule has 1 heterocycles. The summed E-state index contributed by atoms with van der Waals surface area (Å²) in [7, 11) is 0. The van der Waals surface area contributed by atoms with E-state index in [1.54, 1.807) is 0 Å². The highest BCUT2D eigenvalue weighted by atomic mass is 16.5. The van der Waals surface area contributed by atoms with Crippen LogP contribution in [-0.4, -0.2) is 24.9 Å². The molecule has 1 aromatic rings. The Hall–Kier alpha value is -1.22. The second kappa shape index (κ2) is 4.81. The normalized spacial score (nSPS) is 20.9. The van der Waals surface area contributed by atoms with Crippen LogP contribution in [0.15, 0.2) is 18.2 Å². The molecule has 1 aliphatic heterocycles. The van der Waals surface area contributed by atoms with Crippen molar-refractivity contribution in [1.29, 1.82) is 0 Å². The van der Waals surface area contributed by atoms with Gasteiger partial charge in [-0.05, 0) is 42.4 Å². The van der Waals surface area contributed by atoms with E-state index in [-0.39, 0.29) is 5.41 Å². The Morgan fingerprint density at radius 1 is 1.06 bits per heavy atom. The first kappa shape index (κ1) is 11.8. The van der Waals surface area contributed by atoms with Gasteiger partial charge in [0.2, 0.25) is 0 Å². The summed E-state index contributed by atoms with van der Waals surface area (Å²) in [5.41, 5.74) is 1.37. The second-order valence-electron chi connectivity index (χ2n) is 5.52. The lowest BCUT2D eigenvalue weighted by Gasteiger charge is -2.40. The minimum atomic E-state index is 0.125. The summed E-state index contributed by atoms with van der Waals surface area (Å²) in [6.45, 7) is 1.75. The van der Waals surface area contributed by atoms with Gasteiger partial charge >= 0.3 is 0 Å². The van der Waals surface area contributed by atoms with Crippen LogP contribution in [0.2, 0.25) is 0 Å². The Morgan fingerprint density at radius 3 is 2.50 bits per heavy atom. The number of benzene rings is 1. The van der Waals surface area contributed by atoms with Gasteiger partial charge in [-0.3, -0.25) is 0 Å². The molecule has 0 saturated heterocycles. The minimum Gasteiger partial charge on any atom is -0.490 e. The van der Waals surface area contributed by atoms with Crippen LogP contribution in [-0.2, 0) is 6.42 Å². The van der Waals surface area contributed by atoms with E-state index in [1.807, 2.05) is 6.07 Å². The zero-order valence-corrected chi connectivity index (χ0v) is 10.7. The number of fused-ring (bicyclic) bond motifs is 1. The molecule has 0 bridgehead atoms. The number of aliphatic hydroxyl groups excluding tert-OH is 1. The van der Waals surface area contributed by atoms with Crippen LogP contribution < -0.4 is 9.47 Å². The third-order valence-corrected chi connectivity index (χ3v) is 4.14. The molecular weight excluding hydrogens is 228 g/mol. The van der Waals surface area contributed by atoms with Crippen molar-refractivity contribution in [3.63, 3.8) is 0 Å². The third-order valence-electron chi connectivity index (χ3n) is 4.14. The lowest BCUT2D eigenvalue weighted by atomic mass is 9.66. The van der Waals surface area contributed by atoms with Gasteiger partial charge in [0.1, 0.15) is 0 Å². The van der Waals surface area contributed by atoms with E-state index >= 15 is 0 Å². The molecule has 0 radical (unpaired) electrons. The molecule has 3 heteroatoms. The summed E-state index contributed by atoms with van der Waals surface area (Å²) in [6, 6.07) is 6.18. The van der Waals surface area contributed by atoms with Crippen molar-refractivity contribution in [2.24, 2.45) is 5.41 Å². The van der Waals surface area contributed by atoms with Crippen LogP contribution in [0.3, 0.4) is 0 Å². The van der Waals surface area contributed by atoms with Crippen LogP contribution in [0.4, 0.5) is 0 Å². The van der Waals surface area contributed by atoms with Gasteiger partial charge in [0.25, 0.3) is 0 Å². The molecule has 3 nitrogen and oxygen atoms in total. The van der Waals surface area contributed by atoms with E-state index in [2.05, 4.69) is 12.1 Å². The Morgan fingerprint density at radius 2 is 1.83 bits per heavy atom. The fourth-order valence-electron chi connectivity index (χ4n) is 2.82. The molecule has 0 spiro atoms. The molecular formula is C15H20O3. The molecule has 3 rings (SSSR count). The summed E-state index contributed by atoms with van der Waals surface area (Å²) in [5.74, 6) is 1.71. The smallest absolute Gasteiger partial charge is 0.161 e. The standard InChI is InChI=1S/C15H20O3/c16-11-15(5-1-6-15)10-12-3-4-13-14(9-12)18-8-2-7-17-13/h3-4,9,16H,1-2,5-8,10-11H2. The summed E-state index contributed by atoms with van der Waals surface area (Å²) in [5, 5.41) is 9.53. The molecule has 98 valence electrons. The number of hydrogen-bond donors (Lipinski definition) is 1. The molecule has 1 N–H and O–H groups in total. The fourth-order valence-corrected chi connectivity index (χ4v) is 2.82. The highest BCUT2D eigenvalue weighted by molar-refractivity contribution is 5.43. The van der Waals surface area contributed by atoms with Crippen LogP contribution >= 0.6 is 0 Å². The molecule has 1 aliphatic carbocycles. The average molecular weight is 248 g/mol. The molecule has 0 atom stereocenters. The first-order valence-electron chi connectivity index (χ1n) is 6.81. The van der Waals surface area contributed by atoms with Crippen molar-refractivity contribution >= 4 is 0 Å². The van der Waals surface area contributed by atoms with Crippen LogP contribution in [0, 0.1) is 5.41 Å². The first-order chi connectivity index (χ1) is 8.81. The van der Waals surface area contributed by atoms with Gasteiger partial charge in [-0.25, -0.2) is 0 Å². The van der Waals surface area contributed by atoms with Crippen molar-refractivity contribution in [2.75, 3.05) is 19.8 Å². The maximum atomic E-state index is 9.53. The van der Waals surface area contributed by atoms with Gasteiger partial charge in [-0.2, -0.15) is 0 Å². The predicted molar refractivity (Wildman–Crippen MR) is 69.1 cm³/mol. The molecule has 1 fully saturated rings. The van der Waals surface area contributed by atoms with Gasteiger partial charge in [-0.1, -0.05) is 12.5 Å². The van der Waals surface area contributed by atoms with E-state index < -0.39 is 0 Å². The minimum absolute atomic E-state index is 0.125. The quantitative estimate of drug-likeness (QED) is 0.893. The summed E-state index contributed by atoms with van der Waals surface area (Å²) in [6.07, 6.45) is 5.39. The lowest BCUT2D eigenvalue weighted by Crippen LogP contribution is -2.35. The highest BCUT2D eigenvalue weighted by Crippen LogP contribution is 2.44. The number of hydrogen-bond acceptors (Lipinski definition) is 3. The van der Waals surface area contributed by atoms with Crippen LogP contribution in [0.25, 0.3) is 0 Å². The van der Waals surface area contributed by atoms with Crippen molar-refractivity contribution in [2.45, 2.75) is 32.1 Å². The maximum Gasteiger partial charge on any atom is 0.161 e. The largest absolute Gasteiger partial charge is 0.490 e. The number of aliphatic hydroxyl groups is 1. The predicted octanol–water partition coefficient (Wildman–Crippen LogP) is 2.55. The molecule has 2 aliphatic rings. The van der Waals surface area contributed by atoms with Crippen molar-refractivity contribution in [3.05, 3.63) is 23.8 Å². The topological polar surface area (TPSA) is 38.7 Å². The van der Waals surface area contributed by atoms with Crippen LogP contribution in [0.1, 0.15) is 31.2 Å². The molecule has 0 aromatic heterocycles. The van der Waals surface area contributed by atoms with Gasteiger partial charge < -0.3 is 14.6 Å². The SMILES string of the molecule is OCC1(Cc2ccc3c(c2)OCCCO3)CCC1. The fraction of sp³-hybridized carbons (Fsp3) is 0.600. The summed E-state index contributed by atoms with van der Waals surface area (Å²) < 4.78 is 11.3. The van der Waals surface area contributed by atoms with Gasteiger partial charge in [0.05, 0.1) is 13.2 Å². The zero-order chi connectivity index (χ0) is 12.4. The Bertz CT molecular complexity index is 418. The van der Waals surface area contributed by atoms with E-state index in [4.69, 9.17) is 9.47 Å². The Kier molecular flexibility index (Phi) is 3.16. The van der Waals surface area contributed by atoms with Gasteiger partial charge in [0.15, 0.2) is 11.5 Å². The molecule has 1 aromatic carbocycles. The van der Waals surface area contributed by atoms with Crippen molar-refractivity contribution < 1.29 is 14.6 Å². The Balaban J connectivity index is 1.79. The molecule has 18 heavy (non-hydrogen) atoms. The molecule has 0 amide bonds. The van der Waals surface area contributed by atoms with Crippen molar-refractivity contribution in [1.82, 2.24) is 0 Å².